The van der Waals surface area contributed by atoms with Crippen LogP contribution in [-0.4, -0.2) is 0 Å². The highest BCUT2D eigenvalue weighted by Gasteiger charge is 1.98. The van der Waals surface area contributed by atoms with Crippen LogP contribution in [0.3, 0.4) is 0 Å². The van der Waals surface area contributed by atoms with Gasteiger partial charge in [-0.3, -0.25) is 0 Å². The molecule has 0 unspecified atom stereocenters. The Morgan fingerprint density at radius 1 is 0.947 bits per heavy atom. The first-order chi connectivity index (χ1) is 8.93. The van der Waals surface area contributed by atoms with E-state index in [4.69, 9.17) is 16.9 Å². The van der Waals surface area contributed by atoms with E-state index >= 15 is 0 Å². The van der Waals surface area contributed by atoms with Gasteiger partial charge in [0.2, 0.25) is 0 Å². The van der Waals surface area contributed by atoms with Crippen LogP contribution in [0.15, 0.2) is 36.4 Å². The van der Waals surface area contributed by atoms with Crippen LogP contribution in [0.25, 0.3) is 0 Å². The number of nitriles is 1. The molecule has 0 atom stereocenters. The van der Waals surface area contributed by atoms with Crippen molar-refractivity contribution in [3.63, 3.8) is 0 Å². The van der Waals surface area contributed by atoms with Crippen molar-refractivity contribution in [1.29, 1.82) is 5.26 Å². The van der Waals surface area contributed by atoms with E-state index in [1.807, 2.05) is 13.8 Å². The molecule has 0 fully saturated rings. The van der Waals surface area contributed by atoms with Crippen molar-refractivity contribution in [2.24, 2.45) is 0 Å². The Morgan fingerprint density at radius 2 is 1.47 bits per heavy atom. The van der Waals surface area contributed by atoms with E-state index in [9.17, 15) is 8.78 Å². The standard InChI is InChI=1S/C8H6FN.C7H6ClF/c1-6-2-3-8(9)7(4-6)5-10;1-5-2-3-7(9)6(8)4-5/h2-4H,1H3;2-4H,1H3. The average molecular weight is 280 g/mol. The number of aryl methyl sites for hydroxylation is 2. The van der Waals surface area contributed by atoms with Gasteiger partial charge in [-0.05, 0) is 49.2 Å². The molecule has 0 aromatic heterocycles. The van der Waals surface area contributed by atoms with E-state index in [2.05, 4.69) is 0 Å². The quantitative estimate of drug-likeness (QED) is 0.680. The first kappa shape index (κ1) is 15.1. The maximum Gasteiger partial charge on any atom is 0.141 e. The molecule has 2 aromatic rings. The topological polar surface area (TPSA) is 23.8 Å². The molecule has 0 N–H and O–H groups in total. The van der Waals surface area contributed by atoms with Crippen LogP contribution in [-0.2, 0) is 0 Å². The molecule has 2 aromatic carbocycles. The Labute approximate surface area is 116 Å². The lowest BCUT2D eigenvalue weighted by molar-refractivity contribution is 0.623. The fourth-order valence-electron chi connectivity index (χ4n) is 1.33. The Morgan fingerprint density at radius 3 is 1.89 bits per heavy atom. The minimum Gasteiger partial charge on any atom is -0.206 e. The van der Waals surface area contributed by atoms with E-state index in [-0.39, 0.29) is 16.4 Å². The molecule has 0 spiro atoms. The highest BCUT2D eigenvalue weighted by atomic mass is 35.5. The third-order valence-corrected chi connectivity index (χ3v) is 2.61. The summed E-state index contributed by atoms with van der Waals surface area (Å²) in [7, 11) is 0. The summed E-state index contributed by atoms with van der Waals surface area (Å²) >= 11 is 5.44. The predicted octanol–water partition coefficient (Wildman–Crippen LogP) is 4.79. The van der Waals surface area contributed by atoms with Crippen molar-refractivity contribution in [1.82, 2.24) is 0 Å². The second kappa shape index (κ2) is 6.86. The zero-order valence-corrected chi connectivity index (χ0v) is 11.3. The molecule has 0 aliphatic rings. The summed E-state index contributed by atoms with van der Waals surface area (Å²) in [5.41, 5.74) is 1.99. The van der Waals surface area contributed by atoms with Crippen LogP contribution in [0.1, 0.15) is 16.7 Å². The highest BCUT2D eigenvalue weighted by molar-refractivity contribution is 6.30. The molecule has 1 nitrogen and oxygen atoms in total. The van der Waals surface area contributed by atoms with Gasteiger partial charge >= 0.3 is 0 Å². The number of benzene rings is 2. The maximum atomic E-state index is 12.5. The molecular formula is C15H12ClF2N. The first-order valence-corrected chi connectivity index (χ1v) is 5.89. The molecule has 0 aliphatic heterocycles. The second-order valence-electron chi connectivity index (χ2n) is 4.01. The molecular weight excluding hydrogens is 268 g/mol. The fourth-order valence-corrected chi connectivity index (χ4v) is 1.56. The van der Waals surface area contributed by atoms with Crippen LogP contribution >= 0.6 is 11.6 Å². The lowest BCUT2D eigenvalue weighted by Crippen LogP contribution is -1.83. The van der Waals surface area contributed by atoms with Gasteiger partial charge in [-0.1, -0.05) is 23.7 Å². The van der Waals surface area contributed by atoms with Crippen LogP contribution in [0.5, 0.6) is 0 Å². The number of hydrogen-bond acceptors (Lipinski definition) is 1. The van der Waals surface area contributed by atoms with Crippen LogP contribution < -0.4 is 0 Å². The Hall–Kier alpha value is -1.92. The minimum absolute atomic E-state index is 0.111. The van der Waals surface area contributed by atoms with Gasteiger partial charge in [0.15, 0.2) is 0 Å². The van der Waals surface area contributed by atoms with E-state index in [1.165, 1.54) is 18.2 Å². The molecule has 0 radical (unpaired) electrons. The summed E-state index contributed by atoms with van der Waals surface area (Å²) in [6.45, 7) is 3.69. The Balaban J connectivity index is 0.000000191. The number of nitrogens with zero attached hydrogens (tertiary/aromatic N) is 1. The van der Waals surface area contributed by atoms with Crippen molar-refractivity contribution in [3.05, 3.63) is 69.7 Å². The first-order valence-electron chi connectivity index (χ1n) is 5.52. The fraction of sp³-hybridized carbons (Fsp3) is 0.133. The second-order valence-corrected chi connectivity index (χ2v) is 4.42. The summed E-state index contributed by atoms with van der Waals surface area (Å²) in [4.78, 5) is 0. The van der Waals surface area contributed by atoms with Gasteiger partial charge in [0.25, 0.3) is 0 Å². The van der Waals surface area contributed by atoms with Crippen LogP contribution in [0.2, 0.25) is 5.02 Å². The normalized spacial score (nSPS) is 9.26. The monoisotopic (exact) mass is 279 g/mol. The van der Waals surface area contributed by atoms with Gasteiger partial charge in [0.1, 0.15) is 17.7 Å². The summed E-state index contributed by atoms with van der Waals surface area (Å²) in [6.07, 6.45) is 0. The van der Waals surface area contributed by atoms with E-state index in [1.54, 1.807) is 24.3 Å². The van der Waals surface area contributed by atoms with Gasteiger partial charge in [0, 0.05) is 0 Å². The third kappa shape index (κ3) is 4.69. The number of hydrogen-bond donors (Lipinski definition) is 0. The van der Waals surface area contributed by atoms with Gasteiger partial charge in [0.05, 0.1) is 10.6 Å². The molecule has 98 valence electrons. The van der Waals surface area contributed by atoms with Crippen molar-refractivity contribution in [3.8, 4) is 6.07 Å². The van der Waals surface area contributed by atoms with E-state index < -0.39 is 5.82 Å². The van der Waals surface area contributed by atoms with Gasteiger partial charge in [-0.15, -0.1) is 0 Å². The molecule has 0 aliphatic carbocycles. The third-order valence-electron chi connectivity index (χ3n) is 2.32. The Kier molecular flexibility index (Phi) is 5.47. The minimum atomic E-state index is -0.451. The summed E-state index contributed by atoms with van der Waals surface area (Å²) in [6, 6.07) is 10.9. The van der Waals surface area contributed by atoms with Crippen molar-refractivity contribution in [2.75, 3.05) is 0 Å². The zero-order valence-electron chi connectivity index (χ0n) is 10.5. The van der Waals surface area contributed by atoms with Gasteiger partial charge in [-0.2, -0.15) is 5.26 Å². The summed E-state index contributed by atoms with van der Waals surface area (Å²) in [5, 5.41) is 8.54. The summed E-state index contributed by atoms with van der Waals surface area (Å²) in [5.74, 6) is -0.810. The molecule has 2 rings (SSSR count). The Bertz CT molecular complexity index is 618. The molecule has 0 saturated carbocycles. The summed E-state index contributed by atoms with van der Waals surface area (Å²) < 4.78 is 24.9. The molecule has 0 bridgehead atoms. The van der Waals surface area contributed by atoms with Crippen molar-refractivity contribution < 1.29 is 8.78 Å². The van der Waals surface area contributed by atoms with E-state index in [0.29, 0.717) is 0 Å². The van der Waals surface area contributed by atoms with Gasteiger partial charge in [-0.25, -0.2) is 8.78 Å². The zero-order chi connectivity index (χ0) is 14.4. The molecule has 4 heteroatoms. The smallest absolute Gasteiger partial charge is 0.141 e. The maximum absolute atomic E-state index is 12.5. The number of halogens is 3. The average Bonchev–Trinajstić information content (AvgIpc) is 2.38. The predicted molar refractivity (Wildman–Crippen MR) is 72.0 cm³/mol. The molecule has 0 amide bonds. The van der Waals surface area contributed by atoms with Crippen molar-refractivity contribution in [2.45, 2.75) is 13.8 Å². The van der Waals surface area contributed by atoms with Crippen molar-refractivity contribution >= 4 is 11.6 Å². The largest absolute Gasteiger partial charge is 0.206 e. The SMILES string of the molecule is Cc1ccc(F)c(C#N)c1.Cc1ccc(F)c(Cl)c1. The molecule has 0 heterocycles. The number of rotatable bonds is 0. The lowest BCUT2D eigenvalue weighted by atomic mass is 10.1. The molecule has 0 saturated heterocycles. The van der Waals surface area contributed by atoms with E-state index in [0.717, 1.165) is 11.1 Å². The van der Waals surface area contributed by atoms with Gasteiger partial charge < -0.3 is 0 Å². The molecule has 19 heavy (non-hydrogen) atoms. The van der Waals surface area contributed by atoms with Crippen LogP contribution in [0.4, 0.5) is 8.78 Å². The van der Waals surface area contributed by atoms with Crippen LogP contribution in [0, 0.1) is 36.8 Å². The lowest BCUT2D eigenvalue weighted by Gasteiger charge is -1.93. The highest BCUT2D eigenvalue weighted by Crippen LogP contribution is 2.14.